The Hall–Kier alpha value is -1.55. The topological polar surface area (TPSA) is 32.6 Å². The Bertz CT molecular complexity index is 538. The molecule has 0 bridgehead atoms. The van der Waals surface area contributed by atoms with Gasteiger partial charge >= 0.3 is 0 Å². The number of aromatic nitrogens is 2. The van der Waals surface area contributed by atoms with Gasteiger partial charge in [-0.05, 0) is 32.0 Å². The summed E-state index contributed by atoms with van der Waals surface area (Å²) in [6.07, 6.45) is 7.38. The second kappa shape index (κ2) is 5.61. The first-order chi connectivity index (χ1) is 9.40. The molecule has 1 fully saturated rings. The van der Waals surface area contributed by atoms with Crippen LogP contribution >= 0.6 is 0 Å². The van der Waals surface area contributed by atoms with Crippen LogP contribution in [0.1, 0.15) is 31.4 Å². The molecule has 3 rings (SSSR count). The monoisotopic (exact) mass is 258 g/mol. The lowest BCUT2D eigenvalue weighted by Crippen LogP contribution is -2.26. The highest BCUT2D eigenvalue weighted by atomic mass is 15.2. The summed E-state index contributed by atoms with van der Waals surface area (Å²) in [4.78, 5) is 7.31. The van der Waals surface area contributed by atoms with Crippen LogP contribution in [0.4, 0.5) is 5.82 Å². The molecule has 0 aromatic carbocycles. The highest BCUT2D eigenvalue weighted by Crippen LogP contribution is 2.24. The predicted octanol–water partition coefficient (Wildman–Crippen LogP) is 2.43. The number of fused-ring (bicyclic) bond motifs is 1. The molecule has 1 aliphatic heterocycles. The maximum absolute atomic E-state index is 4.85. The molecule has 1 N–H and O–H groups in total. The zero-order valence-corrected chi connectivity index (χ0v) is 11.6. The van der Waals surface area contributed by atoms with Crippen LogP contribution in [0.3, 0.4) is 0 Å². The molecular formula is C15H22N4. The third-order valence-corrected chi connectivity index (χ3v) is 3.86. The van der Waals surface area contributed by atoms with Crippen molar-refractivity contribution in [1.82, 2.24) is 14.7 Å². The van der Waals surface area contributed by atoms with Gasteiger partial charge in [0.15, 0.2) is 5.82 Å². The van der Waals surface area contributed by atoms with Crippen LogP contribution in [0.25, 0.3) is 5.65 Å². The Balaban J connectivity index is 2.02. The zero-order chi connectivity index (χ0) is 13.1. The highest BCUT2D eigenvalue weighted by Gasteiger charge is 2.18. The lowest BCUT2D eigenvalue weighted by molar-refractivity contribution is 0.726. The molecule has 0 radical (unpaired) electrons. The SMILES string of the molecule is CNCc1c(N2CCCCCC2)nc2ccccn12. The molecule has 102 valence electrons. The maximum Gasteiger partial charge on any atom is 0.152 e. The number of hydrogen-bond acceptors (Lipinski definition) is 3. The van der Waals surface area contributed by atoms with Crippen molar-refractivity contribution in [2.45, 2.75) is 32.2 Å². The molecule has 2 aromatic rings. The van der Waals surface area contributed by atoms with Crippen LogP contribution in [-0.4, -0.2) is 29.5 Å². The van der Waals surface area contributed by atoms with Gasteiger partial charge in [0.1, 0.15) is 5.65 Å². The fourth-order valence-electron chi connectivity index (χ4n) is 2.90. The summed E-state index contributed by atoms with van der Waals surface area (Å²) in [6, 6.07) is 6.21. The smallest absolute Gasteiger partial charge is 0.152 e. The Kier molecular flexibility index (Phi) is 3.69. The second-order valence-corrected chi connectivity index (χ2v) is 5.24. The maximum atomic E-state index is 4.85. The normalized spacial score (nSPS) is 16.8. The van der Waals surface area contributed by atoms with Gasteiger partial charge < -0.3 is 14.6 Å². The molecule has 0 atom stereocenters. The Morgan fingerprint density at radius 3 is 2.68 bits per heavy atom. The van der Waals surface area contributed by atoms with Crippen molar-refractivity contribution in [3.63, 3.8) is 0 Å². The van der Waals surface area contributed by atoms with Crippen molar-refractivity contribution in [2.24, 2.45) is 0 Å². The van der Waals surface area contributed by atoms with Crippen molar-refractivity contribution in [3.05, 3.63) is 30.1 Å². The zero-order valence-electron chi connectivity index (χ0n) is 11.6. The number of anilines is 1. The minimum atomic E-state index is 0.858. The Morgan fingerprint density at radius 1 is 1.16 bits per heavy atom. The van der Waals surface area contributed by atoms with E-state index in [0.717, 1.165) is 25.3 Å². The van der Waals surface area contributed by atoms with Gasteiger partial charge in [-0.25, -0.2) is 4.98 Å². The van der Waals surface area contributed by atoms with E-state index in [2.05, 4.69) is 39.0 Å². The summed E-state index contributed by atoms with van der Waals surface area (Å²) in [6.45, 7) is 3.14. The number of nitrogens with zero attached hydrogens (tertiary/aromatic N) is 3. The predicted molar refractivity (Wildman–Crippen MR) is 78.6 cm³/mol. The summed E-state index contributed by atoms with van der Waals surface area (Å²) >= 11 is 0. The molecule has 0 aliphatic carbocycles. The van der Waals surface area contributed by atoms with Crippen LogP contribution in [-0.2, 0) is 6.54 Å². The van der Waals surface area contributed by atoms with Crippen LogP contribution in [0.15, 0.2) is 24.4 Å². The molecule has 3 heterocycles. The van der Waals surface area contributed by atoms with E-state index in [1.165, 1.54) is 37.2 Å². The number of nitrogens with one attached hydrogen (secondary N) is 1. The van der Waals surface area contributed by atoms with E-state index >= 15 is 0 Å². The van der Waals surface area contributed by atoms with Crippen molar-refractivity contribution in [1.29, 1.82) is 0 Å². The molecule has 0 unspecified atom stereocenters. The summed E-state index contributed by atoms with van der Waals surface area (Å²) in [5.41, 5.74) is 2.33. The molecule has 0 amide bonds. The average Bonchev–Trinajstić information content (AvgIpc) is 2.64. The molecule has 1 aliphatic rings. The first-order valence-electron chi connectivity index (χ1n) is 7.25. The quantitative estimate of drug-likeness (QED) is 0.918. The van der Waals surface area contributed by atoms with E-state index in [1.54, 1.807) is 0 Å². The third kappa shape index (κ3) is 2.45. The van der Waals surface area contributed by atoms with E-state index in [4.69, 9.17) is 4.98 Å². The second-order valence-electron chi connectivity index (χ2n) is 5.24. The summed E-state index contributed by atoms with van der Waals surface area (Å²) < 4.78 is 2.21. The van der Waals surface area contributed by atoms with Gasteiger partial charge in [0, 0.05) is 25.8 Å². The molecular weight excluding hydrogens is 236 g/mol. The minimum absolute atomic E-state index is 0.858. The van der Waals surface area contributed by atoms with E-state index in [1.807, 2.05) is 7.05 Å². The van der Waals surface area contributed by atoms with Gasteiger partial charge in [0.25, 0.3) is 0 Å². The van der Waals surface area contributed by atoms with Crippen molar-refractivity contribution < 1.29 is 0 Å². The van der Waals surface area contributed by atoms with Crippen molar-refractivity contribution in [2.75, 3.05) is 25.0 Å². The Morgan fingerprint density at radius 2 is 1.95 bits per heavy atom. The molecule has 1 saturated heterocycles. The van der Waals surface area contributed by atoms with Gasteiger partial charge in [-0.1, -0.05) is 18.9 Å². The minimum Gasteiger partial charge on any atom is -0.355 e. The van der Waals surface area contributed by atoms with Gasteiger partial charge in [0.2, 0.25) is 0 Å². The third-order valence-electron chi connectivity index (χ3n) is 3.86. The van der Waals surface area contributed by atoms with Gasteiger partial charge in [-0.3, -0.25) is 0 Å². The summed E-state index contributed by atoms with van der Waals surface area (Å²) in [5, 5.41) is 3.27. The number of pyridine rings is 1. The van der Waals surface area contributed by atoms with E-state index < -0.39 is 0 Å². The summed E-state index contributed by atoms with van der Waals surface area (Å²) in [5.74, 6) is 1.17. The van der Waals surface area contributed by atoms with E-state index in [9.17, 15) is 0 Å². The largest absolute Gasteiger partial charge is 0.355 e. The van der Waals surface area contributed by atoms with E-state index in [-0.39, 0.29) is 0 Å². The standard InChI is InChI=1S/C15H22N4/c1-16-12-13-15(18-9-5-2-3-6-10-18)17-14-8-4-7-11-19(13)14/h4,7-8,11,16H,2-3,5-6,9-10,12H2,1H3. The molecule has 0 spiro atoms. The fraction of sp³-hybridized carbons (Fsp3) is 0.533. The lowest BCUT2D eigenvalue weighted by atomic mass is 10.2. The average molecular weight is 258 g/mol. The fourth-order valence-corrected chi connectivity index (χ4v) is 2.90. The molecule has 4 nitrogen and oxygen atoms in total. The van der Waals surface area contributed by atoms with Crippen LogP contribution in [0.2, 0.25) is 0 Å². The van der Waals surface area contributed by atoms with Crippen molar-refractivity contribution in [3.8, 4) is 0 Å². The van der Waals surface area contributed by atoms with Crippen LogP contribution in [0, 0.1) is 0 Å². The number of imidazole rings is 1. The summed E-state index contributed by atoms with van der Waals surface area (Å²) in [7, 11) is 1.99. The number of hydrogen-bond donors (Lipinski definition) is 1. The first-order valence-corrected chi connectivity index (χ1v) is 7.25. The molecule has 19 heavy (non-hydrogen) atoms. The van der Waals surface area contributed by atoms with Gasteiger partial charge in [0.05, 0.1) is 5.69 Å². The highest BCUT2D eigenvalue weighted by molar-refractivity contribution is 5.56. The van der Waals surface area contributed by atoms with Crippen LogP contribution in [0.5, 0.6) is 0 Å². The van der Waals surface area contributed by atoms with E-state index in [0.29, 0.717) is 0 Å². The molecule has 4 heteroatoms. The first kappa shape index (κ1) is 12.5. The lowest BCUT2D eigenvalue weighted by Gasteiger charge is -2.21. The van der Waals surface area contributed by atoms with Crippen molar-refractivity contribution >= 4 is 11.5 Å². The Labute approximate surface area is 114 Å². The van der Waals surface area contributed by atoms with Gasteiger partial charge in [-0.15, -0.1) is 0 Å². The molecule has 0 saturated carbocycles. The molecule has 2 aromatic heterocycles. The van der Waals surface area contributed by atoms with Crippen LogP contribution < -0.4 is 10.2 Å². The number of rotatable bonds is 3. The van der Waals surface area contributed by atoms with Gasteiger partial charge in [-0.2, -0.15) is 0 Å².